The molecule has 43 heavy (non-hydrogen) atoms. The third-order valence-electron chi connectivity index (χ3n) is 8.40. The van der Waals surface area contributed by atoms with Crippen molar-refractivity contribution in [2.45, 2.75) is 30.8 Å². The molecule has 6 rings (SSSR count). The van der Waals surface area contributed by atoms with Crippen LogP contribution < -0.4 is 5.32 Å². The number of carbonyl (C=O) groups is 2. The van der Waals surface area contributed by atoms with Crippen molar-refractivity contribution >= 4 is 22.8 Å². The summed E-state index contributed by atoms with van der Waals surface area (Å²) in [5.74, 6) is -0.640. The van der Waals surface area contributed by atoms with E-state index in [2.05, 4.69) is 17.4 Å². The SMILES string of the molecule is O=C(N[C@@H](CO)Cc1ccccc1)[C@H](Cc1ccc2ccccc2c1)N(CC1c2ccccc2-c2ccccc21)C(=O)O. The smallest absolute Gasteiger partial charge is 0.408 e. The lowest BCUT2D eigenvalue weighted by molar-refractivity contribution is -0.127. The number of aliphatic hydroxyl groups is 1. The first-order chi connectivity index (χ1) is 21.0. The molecular weight excluding hydrogens is 536 g/mol. The summed E-state index contributed by atoms with van der Waals surface area (Å²) in [5, 5.41) is 25.9. The lowest BCUT2D eigenvalue weighted by atomic mass is 9.94. The Morgan fingerprint density at radius 1 is 0.698 bits per heavy atom. The number of hydrogen-bond acceptors (Lipinski definition) is 3. The fourth-order valence-electron chi connectivity index (χ4n) is 6.28. The van der Waals surface area contributed by atoms with Crippen molar-refractivity contribution in [2.24, 2.45) is 0 Å². The summed E-state index contributed by atoms with van der Waals surface area (Å²) < 4.78 is 0. The predicted octanol–water partition coefficient (Wildman–Crippen LogP) is 6.26. The maximum absolute atomic E-state index is 14.1. The van der Waals surface area contributed by atoms with Gasteiger partial charge in [0.15, 0.2) is 0 Å². The van der Waals surface area contributed by atoms with Crippen molar-refractivity contribution in [3.8, 4) is 11.1 Å². The van der Waals surface area contributed by atoms with Gasteiger partial charge in [-0.15, -0.1) is 0 Å². The lowest BCUT2D eigenvalue weighted by Crippen LogP contribution is -2.54. The summed E-state index contributed by atoms with van der Waals surface area (Å²) in [6.45, 7) is -0.142. The van der Waals surface area contributed by atoms with Gasteiger partial charge < -0.3 is 15.5 Å². The van der Waals surface area contributed by atoms with Gasteiger partial charge >= 0.3 is 6.09 Å². The number of rotatable bonds is 10. The molecule has 6 heteroatoms. The van der Waals surface area contributed by atoms with E-state index in [1.54, 1.807) is 0 Å². The van der Waals surface area contributed by atoms with E-state index in [0.717, 1.165) is 44.2 Å². The molecule has 0 aliphatic heterocycles. The molecule has 0 heterocycles. The molecule has 0 bridgehead atoms. The zero-order chi connectivity index (χ0) is 29.8. The Bertz CT molecular complexity index is 1710. The van der Waals surface area contributed by atoms with Crippen LogP contribution in [0.15, 0.2) is 121 Å². The molecule has 6 nitrogen and oxygen atoms in total. The molecule has 216 valence electrons. The summed E-state index contributed by atoms with van der Waals surface area (Å²) >= 11 is 0. The van der Waals surface area contributed by atoms with E-state index in [1.165, 1.54) is 4.90 Å². The minimum Gasteiger partial charge on any atom is -0.465 e. The summed E-state index contributed by atoms with van der Waals surface area (Å²) in [7, 11) is 0. The fraction of sp³-hybridized carbons (Fsp3) is 0.189. The Hall–Kier alpha value is -4.94. The van der Waals surface area contributed by atoms with Crippen LogP contribution in [0.4, 0.5) is 4.79 Å². The van der Waals surface area contributed by atoms with E-state index in [9.17, 15) is 19.8 Å². The molecule has 1 aliphatic rings. The van der Waals surface area contributed by atoms with Crippen LogP contribution in [0, 0.1) is 0 Å². The Kier molecular flexibility index (Phi) is 8.20. The summed E-state index contributed by atoms with van der Waals surface area (Å²) in [6.07, 6.45) is -0.531. The van der Waals surface area contributed by atoms with Gasteiger partial charge in [0.05, 0.1) is 12.6 Å². The second kappa shape index (κ2) is 12.5. The average molecular weight is 571 g/mol. The van der Waals surface area contributed by atoms with E-state index < -0.39 is 24.1 Å². The zero-order valence-electron chi connectivity index (χ0n) is 23.8. The normalized spacial score (nSPS) is 13.6. The number of carbonyl (C=O) groups excluding carboxylic acids is 1. The first-order valence-corrected chi connectivity index (χ1v) is 14.6. The van der Waals surface area contributed by atoms with Crippen LogP contribution in [0.5, 0.6) is 0 Å². The van der Waals surface area contributed by atoms with Crippen LogP contribution >= 0.6 is 0 Å². The molecule has 2 atom stereocenters. The highest BCUT2D eigenvalue weighted by Gasteiger charge is 2.37. The van der Waals surface area contributed by atoms with Crippen molar-refractivity contribution in [3.05, 3.63) is 144 Å². The highest BCUT2D eigenvalue weighted by molar-refractivity contribution is 5.87. The molecule has 0 spiro atoms. The number of fused-ring (bicyclic) bond motifs is 4. The van der Waals surface area contributed by atoms with Gasteiger partial charge in [0.1, 0.15) is 6.04 Å². The van der Waals surface area contributed by atoms with Gasteiger partial charge in [-0.2, -0.15) is 0 Å². The van der Waals surface area contributed by atoms with Crippen molar-refractivity contribution < 1.29 is 19.8 Å². The minimum absolute atomic E-state index is 0.123. The highest BCUT2D eigenvalue weighted by atomic mass is 16.4. The van der Waals surface area contributed by atoms with Crippen molar-refractivity contribution in [2.75, 3.05) is 13.2 Å². The van der Waals surface area contributed by atoms with Crippen LogP contribution in [0.1, 0.15) is 28.2 Å². The van der Waals surface area contributed by atoms with Crippen LogP contribution in [-0.2, 0) is 17.6 Å². The van der Waals surface area contributed by atoms with Gasteiger partial charge in [0, 0.05) is 18.9 Å². The summed E-state index contributed by atoms with van der Waals surface area (Å²) in [6, 6.07) is 38.1. The third-order valence-corrected chi connectivity index (χ3v) is 8.40. The number of benzene rings is 5. The van der Waals surface area contributed by atoms with E-state index in [1.807, 2.05) is 109 Å². The number of amides is 2. The van der Waals surface area contributed by atoms with Crippen molar-refractivity contribution in [3.63, 3.8) is 0 Å². The van der Waals surface area contributed by atoms with E-state index in [-0.39, 0.29) is 25.5 Å². The van der Waals surface area contributed by atoms with E-state index >= 15 is 0 Å². The second-order valence-corrected chi connectivity index (χ2v) is 11.1. The standard InChI is InChI=1S/C37H34N2O4/c40-24-29(21-25-10-2-1-3-11-25)38-36(41)35(22-26-18-19-27-12-4-5-13-28(27)20-26)39(37(42)43)23-34-32-16-8-6-14-30(32)31-15-7-9-17-33(31)34/h1-20,29,34-35,40H,21-24H2,(H,38,41)(H,42,43)/t29-,35+/m1/s1. The molecule has 3 N–H and O–H groups in total. The largest absolute Gasteiger partial charge is 0.465 e. The maximum Gasteiger partial charge on any atom is 0.408 e. The first-order valence-electron chi connectivity index (χ1n) is 14.6. The monoisotopic (exact) mass is 570 g/mol. The Morgan fingerprint density at radius 2 is 1.30 bits per heavy atom. The summed E-state index contributed by atoms with van der Waals surface area (Å²) in [4.78, 5) is 28.3. The van der Waals surface area contributed by atoms with Crippen LogP contribution in [-0.4, -0.2) is 52.3 Å². The summed E-state index contributed by atoms with van der Waals surface area (Å²) in [5.41, 5.74) is 6.12. The molecule has 0 unspecified atom stereocenters. The Morgan fingerprint density at radius 3 is 1.95 bits per heavy atom. The molecule has 0 aromatic heterocycles. The molecule has 0 saturated heterocycles. The van der Waals surface area contributed by atoms with Crippen LogP contribution in [0.3, 0.4) is 0 Å². The van der Waals surface area contributed by atoms with E-state index in [0.29, 0.717) is 6.42 Å². The molecule has 2 amide bonds. The third kappa shape index (κ3) is 6.01. The maximum atomic E-state index is 14.1. The zero-order valence-corrected chi connectivity index (χ0v) is 23.8. The van der Waals surface area contributed by atoms with Gasteiger partial charge in [-0.1, -0.05) is 121 Å². The quantitative estimate of drug-likeness (QED) is 0.185. The molecule has 5 aromatic carbocycles. The molecular formula is C37H34N2O4. The minimum atomic E-state index is -1.16. The van der Waals surface area contributed by atoms with Gasteiger partial charge in [0.2, 0.25) is 5.91 Å². The van der Waals surface area contributed by atoms with Gasteiger partial charge in [-0.25, -0.2) is 4.79 Å². The Balaban J connectivity index is 1.34. The first kappa shape index (κ1) is 28.2. The number of nitrogens with one attached hydrogen (secondary N) is 1. The average Bonchev–Trinajstić information content (AvgIpc) is 3.36. The number of nitrogens with zero attached hydrogens (tertiary/aromatic N) is 1. The molecule has 1 aliphatic carbocycles. The van der Waals surface area contributed by atoms with Gasteiger partial charge in [-0.3, -0.25) is 9.69 Å². The number of aliphatic hydroxyl groups excluding tert-OH is 1. The van der Waals surface area contributed by atoms with Crippen molar-refractivity contribution in [1.82, 2.24) is 10.2 Å². The number of hydrogen-bond donors (Lipinski definition) is 3. The van der Waals surface area contributed by atoms with Gasteiger partial charge in [0.25, 0.3) is 0 Å². The highest BCUT2D eigenvalue weighted by Crippen LogP contribution is 2.45. The molecule has 0 saturated carbocycles. The van der Waals surface area contributed by atoms with Crippen LogP contribution in [0.25, 0.3) is 21.9 Å². The Labute approximate surface area is 251 Å². The lowest BCUT2D eigenvalue weighted by Gasteiger charge is -2.32. The number of carboxylic acid groups (broad SMARTS) is 1. The predicted molar refractivity (Wildman–Crippen MR) is 169 cm³/mol. The van der Waals surface area contributed by atoms with E-state index in [4.69, 9.17) is 0 Å². The van der Waals surface area contributed by atoms with Gasteiger partial charge in [-0.05, 0) is 50.6 Å². The topological polar surface area (TPSA) is 89.9 Å². The molecule has 0 radical (unpaired) electrons. The van der Waals surface area contributed by atoms with Crippen LogP contribution in [0.2, 0.25) is 0 Å². The fourth-order valence-corrected chi connectivity index (χ4v) is 6.28. The van der Waals surface area contributed by atoms with Crippen molar-refractivity contribution in [1.29, 1.82) is 0 Å². The molecule has 0 fully saturated rings. The second-order valence-electron chi connectivity index (χ2n) is 11.1. The molecule has 5 aromatic rings.